The van der Waals surface area contributed by atoms with E-state index in [4.69, 9.17) is 9.30 Å². The molecule has 0 amide bonds. The molecule has 0 aromatic carbocycles. The first kappa shape index (κ1) is 27.2. The van der Waals surface area contributed by atoms with Gasteiger partial charge < -0.3 is 6.92 Å². The Morgan fingerprint density at radius 2 is 1.44 bits per heavy atom. The summed E-state index contributed by atoms with van der Waals surface area (Å²) in [6.07, 6.45) is 21.0. The SMILES string of the molecule is Cl.Cl.[C-]1=CC=CC1.[C-]1=CC=CC1.[CH2-]CC.[SiH2]=[Ti][Cl]. The molecule has 0 aromatic heterocycles. The van der Waals surface area contributed by atoms with E-state index in [1.165, 1.54) is 0 Å². The molecule has 0 bridgehead atoms. The van der Waals surface area contributed by atoms with E-state index in [2.05, 4.69) is 31.2 Å². The monoisotopic (exact) mass is 358 g/mol. The van der Waals surface area contributed by atoms with Crippen LogP contribution in [0.5, 0.6) is 0 Å². The summed E-state index contributed by atoms with van der Waals surface area (Å²) < 4.78 is 0. The zero-order chi connectivity index (χ0) is 12.5. The summed E-state index contributed by atoms with van der Waals surface area (Å²) in [6, 6.07) is 0. The van der Waals surface area contributed by atoms with E-state index in [0.29, 0.717) is 0 Å². The van der Waals surface area contributed by atoms with Gasteiger partial charge in [0.2, 0.25) is 0 Å². The Morgan fingerprint density at radius 3 is 1.50 bits per heavy atom. The first-order valence-corrected chi connectivity index (χ1v) is 11.4. The average Bonchev–Trinajstić information content (AvgIpc) is 3.00. The fourth-order valence-corrected chi connectivity index (χ4v) is 0.680. The maximum absolute atomic E-state index is 5.14. The average molecular weight is 360 g/mol. The summed E-state index contributed by atoms with van der Waals surface area (Å²) in [5.74, 6) is 0. The van der Waals surface area contributed by atoms with Crippen LogP contribution in [0.1, 0.15) is 26.2 Å². The predicted molar refractivity (Wildman–Crippen MR) is 87.7 cm³/mol. The molecule has 0 aromatic rings. The Hall–Kier alpha value is 0.761. The fraction of sp³-hybridized carbons (Fsp3) is 0.308. The molecule has 5 heteroatoms. The maximum atomic E-state index is 5.14. The minimum absolute atomic E-state index is 0. The van der Waals surface area contributed by atoms with Crippen LogP contribution >= 0.6 is 34.1 Å². The quantitative estimate of drug-likeness (QED) is 0.442. The van der Waals surface area contributed by atoms with Crippen molar-refractivity contribution in [3.8, 4) is 0 Å². The number of allylic oxidation sites excluding steroid dienone is 8. The van der Waals surface area contributed by atoms with Gasteiger partial charge in [0.05, 0.1) is 0 Å². The Balaban J connectivity index is -0.0000000725. The van der Waals surface area contributed by atoms with Crippen molar-refractivity contribution in [3.63, 3.8) is 0 Å². The van der Waals surface area contributed by atoms with Crippen molar-refractivity contribution < 1.29 is 16.8 Å². The van der Waals surface area contributed by atoms with Gasteiger partial charge in [-0.15, -0.1) is 37.7 Å². The normalized spacial score (nSPS) is 11.3. The fourth-order valence-electron chi connectivity index (χ4n) is 0.680. The van der Waals surface area contributed by atoms with Gasteiger partial charge >= 0.3 is 33.8 Å². The number of halogens is 3. The molecule has 105 valence electrons. The van der Waals surface area contributed by atoms with Gasteiger partial charge in [-0.25, -0.2) is 24.3 Å². The van der Waals surface area contributed by atoms with Crippen molar-refractivity contribution in [1.29, 1.82) is 0 Å². The topological polar surface area (TPSA) is 0 Å². The summed E-state index contributed by atoms with van der Waals surface area (Å²) in [6.45, 7) is 5.50. The van der Waals surface area contributed by atoms with Crippen LogP contribution < -0.4 is 0 Å². The van der Waals surface area contributed by atoms with Crippen molar-refractivity contribution in [2.45, 2.75) is 26.2 Å². The first-order chi connectivity index (χ1) is 7.83. The molecule has 2 aliphatic rings. The molecular formula is C13H21Cl3SiTi-3. The van der Waals surface area contributed by atoms with E-state index in [9.17, 15) is 0 Å². The van der Waals surface area contributed by atoms with E-state index in [0.717, 1.165) is 19.3 Å². The van der Waals surface area contributed by atoms with Crippen molar-refractivity contribution >= 4 is 41.8 Å². The van der Waals surface area contributed by atoms with Gasteiger partial charge in [0.15, 0.2) is 0 Å². The molecule has 0 N–H and O–H groups in total. The molecule has 2 rings (SSSR count). The summed E-state index contributed by atoms with van der Waals surface area (Å²) in [7, 11) is 7.00. The summed E-state index contributed by atoms with van der Waals surface area (Å²) in [5.41, 5.74) is 0. The van der Waals surface area contributed by atoms with Crippen LogP contribution in [0.15, 0.2) is 36.5 Å². The predicted octanol–water partition coefficient (Wildman–Crippen LogP) is 4.46. The van der Waals surface area contributed by atoms with Crippen LogP contribution in [0.2, 0.25) is 0 Å². The number of rotatable bonds is 0. The van der Waals surface area contributed by atoms with E-state index < -0.39 is 0 Å². The van der Waals surface area contributed by atoms with Gasteiger partial charge in [-0.2, -0.15) is 18.6 Å². The number of hydrogen-bond donors (Lipinski definition) is 0. The van der Waals surface area contributed by atoms with Crippen LogP contribution in [0, 0.1) is 19.1 Å². The van der Waals surface area contributed by atoms with Crippen molar-refractivity contribution in [1.82, 2.24) is 0 Å². The molecule has 0 saturated carbocycles. The Bertz CT molecular complexity index is 207. The van der Waals surface area contributed by atoms with Gasteiger partial charge in [-0.3, -0.25) is 12.2 Å². The van der Waals surface area contributed by atoms with Gasteiger partial charge in [0, 0.05) is 0 Å². The van der Waals surface area contributed by atoms with Crippen LogP contribution in [-0.4, -0.2) is 7.63 Å². The Morgan fingerprint density at radius 1 is 1.17 bits per heavy atom. The number of hydrogen-bond acceptors (Lipinski definition) is 0. The summed E-state index contributed by atoms with van der Waals surface area (Å²) >= 11 is 0.000000000000000111. The third-order valence-electron chi connectivity index (χ3n) is 1.17. The van der Waals surface area contributed by atoms with Crippen molar-refractivity contribution in [2.24, 2.45) is 0 Å². The van der Waals surface area contributed by atoms with Crippen LogP contribution in [-0.2, 0) is 16.8 Å². The minimum atomic E-state index is 0. The zero-order valence-corrected chi connectivity index (χ0v) is 16.1. The molecular weight excluding hydrogens is 338 g/mol. The molecule has 0 nitrogen and oxygen atoms in total. The van der Waals surface area contributed by atoms with E-state index in [1.54, 1.807) is 0 Å². The second-order valence-electron chi connectivity index (χ2n) is 2.64. The molecule has 0 heterocycles. The molecule has 2 aliphatic carbocycles. The molecule has 0 spiro atoms. The third kappa shape index (κ3) is 36.0. The van der Waals surface area contributed by atoms with Gasteiger partial charge in [-0.05, 0) is 0 Å². The van der Waals surface area contributed by atoms with E-state index in [-0.39, 0.29) is 41.6 Å². The second-order valence-corrected chi connectivity index (χ2v) is 7.46. The van der Waals surface area contributed by atoms with Crippen molar-refractivity contribution in [3.05, 3.63) is 55.5 Å². The van der Waals surface area contributed by atoms with Gasteiger partial charge in [-0.1, -0.05) is 6.92 Å². The Kier molecular flexibility index (Phi) is 46.2. The van der Waals surface area contributed by atoms with Crippen molar-refractivity contribution in [2.75, 3.05) is 0 Å². The molecule has 18 heavy (non-hydrogen) atoms. The van der Waals surface area contributed by atoms with E-state index >= 15 is 0 Å². The zero-order valence-electron chi connectivity index (χ0n) is 10.7. The van der Waals surface area contributed by atoms with Crippen LogP contribution in [0.25, 0.3) is 0 Å². The third-order valence-corrected chi connectivity index (χ3v) is 1.17. The molecule has 0 fully saturated rings. The molecule has 0 radical (unpaired) electrons. The Labute approximate surface area is 139 Å². The van der Waals surface area contributed by atoms with Crippen LogP contribution in [0.4, 0.5) is 0 Å². The van der Waals surface area contributed by atoms with Gasteiger partial charge in [0.25, 0.3) is 0 Å². The van der Waals surface area contributed by atoms with Crippen LogP contribution in [0.3, 0.4) is 0 Å². The van der Waals surface area contributed by atoms with Gasteiger partial charge in [0.1, 0.15) is 0 Å². The molecule has 0 aliphatic heterocycles. The first-order valence-electron chi connectivity index (χ1n) is 5.18. The molecule has 0 saturated heterocycles. The molecule has 0 unspecified atom stereocenters. The standard InChI is InChI=1S/2C5H5.C3H7.3ClH.H2Si.Ti/c2*1-2-4-5-3-1;1-3-2;;;;;/h2*1-3H,4H2;1,3H2,2H3;3*1H;1H2;/q3*-1;;;;;+1/p-1. The van der Waals surface area contributed by atoms with E-state index in [1.807, 2.05) is 38.9 Å². The summed E-state index contributed by atoms with van der Waals surface area (Å²) in [5, 5.41) is 0. The second kappa shape index (κ2) is 30.6. The summed E-state index contributed by atoms with van der Waals surface area (Å²) in [4.78, 5) is 0. The molecule has 0 atom stereocenters.